The number of nitrogens with zero attached hydrogens (tertiary/aromatic N) is 2. The van der Waals surface area contributed by atoms with Crippen molar-refractivity contribution in [3.63, 3.8) is 0 Å². The van der Waals surface area contributed by atoms with Crippen molar-refractivity contribution in [3.05, 3.63) is 42.6 Å². The van der Waals surface area contributed by atoms with E-state index in [1.165, 1.54) is 5.39 Å². The molecule has 1 aliphatic heterocycles. The first-order chi connectivity index (χ1) is 15.8. The van der Waals surface area contributed by atoms with Gasteiger partial charge >= 0.3 is 0 Å². The summed E-state index contributed by atoms with van der Waals surface area (Å²) in [6.45, 7) is 1.17. The quantitative estimate of drug-likeness (QED) is 0.212. The number of aryl methyl sites for hydroxylation is 1. The van der Waals surface area contributed by atoms with Gasteiger partial charge < -0.3 is 14.0 Å². The van der Waals surface area contributed by atoms with E-state index in [1.54, 1.807) is 5.48 Å². The molecule has 32 heavy (non-hydrogen) atoms. The molecular weight excluding hydrogens is 406 g/mol. The van der Waals surface area contributed by atoms with Crippen molar-refractivity contribution in [1.82, 2.24) is 15.0 Å². The highest BCUT2D eigenvalue weighted by molar-refractivity contribution is 6.16. The van der Waals surface area contributed by atoms with Gasteiger partial charge in [-0.1, -0.05) is 49.9 Å². The second-order valence-electron chi connectivity index (χ2n) is 8.32. The van der Waals surface area contributed by atoms with Crippen LogP contribution in [0.2, 0.25) is 0 Å². The van der Waals surface area contributed by atoms with Crippen molar-refractivity contribution < 1.29 is 19.5 Å². The second-order valence-corrected chi connectivity index (χ2v) is 8.32. The predicted octanol–water partition coefficient (Wildman–Crippen LogP) is 5.31. The molecule has 1 amide bonds. The van der Waals surface area contributed by atoms with Gasteiger partial charge in [-0.15, -0.1) is 0 Å². The number of benzene rings is 2. The van der Waals surface area contributed by atoms with Crippen LogP contribution in [0.1, 0.15) is 44.9 Å². The van der Waals surface area contributed by atoms with Gasteiger partial charge in [0.25, 0.3) is 0 Å². The highest BCUT2D eigenvalue weighted by Crippen LogP contribution is 2.41. The number of aromatic nitrogens is 2. The molecule has 3 heterocycles. The summed E-state index contributed by atoms with van der Waals surface area (Å²) in [6.07, 6.45) is 8.55. The number of rotatable bonds is 9. The summed E-state index contributed by atoms with van der Waals surface area (Å²) in [5, 5.41) is 12.0. The van der Waals surface area contributed by atoms with Gasteiger partial charge in [-0.2, -0.15) is 0 Å². The van der Waals surface area contributed by atoms with Crippen LogP contribution in [-0.2, 0) is 11.3 Å². The molecule has 0 spiro atoms. The molecule has 2 N–H and O–H groups in total. The van der Waals surface area contributed by atoms with Gasteiger partial charge in [0.05, 0.1) is 16.6 Å². The molecule has 166 valence electrons. The van der Waals surface area contributed by atoms with E-state index >= 15 is 0 Å². The number of ether oxygens (including phenoxy) is 2. The summed E-state index contributed by atoms with van der Waals surface area (Å²) in [5.41, 5.74) is 4.98. The van der Waals surface area contributed by atoms with Crippen molar-refractivity contribution in [2.75, 3.05) is 6.79 Å². The van der Waals surface area contributed by atoms with E-state index in [-0.39, 0.29) is 12.7 Å². The summed E-state index contributed by atoms with van der Waals surface area (Å²) in [4.78, 5) is 15.9. The number of pyridine rings is 1. The standard InChI is InChI=1S/C25H27N3O4/c29-23(27-30)11-5-3-1-2-4-8-12-28-20-14-22-21(31-16-32-22)13-19(20)24-25(28)18-10-7-6-9-17(18)15-26-24/h6-7,9-10,13-15,30H,1-5,8,11-12,16H2,(H,27,29). The van der Waals surface area contributed by atoms with E-state index in [4.69, 9.17) is 19.7 Å². The third-order valence-corrected chi connectivity index (χ3v) is 6.24. The Labute approximate surface area is 185 Å². The Morgan fingerprint density at radius 1 is 1.00 bits per heavy atom. The topological polar surface area (TPSA) is 85.6 Å². The average molecular weight is 434 g/mol. The Morgan fingerprint density at radius 2 is 1.75 bits per heavy atom. The van der Waals surface area contributed by atoms with E-state index in [9.17, 15) is 4.79 Å². The van der Waals surface area contributed by atoms with Crippen LogP contribution in [0.3, 0.4) is 0 Å². The molecule has 1 aliphatic rings. The molecule has 4 aromatic rings. The Kier molecular flexibility index (Phi) is 5.81. The summed E-state index contributed by atoms with van der Waals surface area (Å²) in [6, 6.07) is 12.5. The van der Waals surface area contributed by atoms with Crippen LogP contribution in [0.5, 0.6) is 11.5 Å². The van der Waals surface area contributed by atoms with E-state index in [2.05, 4.69) is 34.9 Å². The summed E-state index contributed by atoms with van der Waals surface area (Å²) in [5.74, 6) is 1.26. The number of hydrogen-bond donors (Lipinski definition) is 2. The number of carbonyl (C=O) groups excluding carboxylic acids is 1. The number of nitrogens with one attached hydrogen (secondary N) is 1. The molecule has 0 aliphatic carbocycles. The van der Waals surface area contributed by atoms with E-state index in [0.717, 1.165) is 83.9 Å². The fourth-order valence-corrected chi connectivity index (χ4v) is 4.63. The minimum Gasteiger partial charge on any atom is -0.454 e. The van der Waals surface area contributed by atoms with Crippen molar-refractivity contribution in [2.45, 2.75) is 51.5 Å². The van der Waals surface area contributed by atoms with Gasteiger partial charge in [0.2, 0.25) is 12.7 Å². The van der Waals surface area contributed by atoms with Crippen LogP contribution < -0.4 is 15.0 Å². The first-order valence-corrected chi connectivity index (χ1v) is 11.3. The first-order valence-electron chi connectivity index (χ1n) is 11.3. The zero-order chi connectivity index (χ0) is 21.9. The minimum atomic E-state index is -0.307. The largest absolute Gasteiger partial charge is 0.454 e. The van der Waals surface area contributed by atoms with Gasteiger partial charge in [0.1, 0.15) is 0 Å². The molecule has 7 nitrogen and oxygen atoms in total. The maximum atomic E-state index is 11.1. The van der Waals surface area contributed by atoms with Gasteiger partial charge in [-0.05, 0) is 18.9 Å². The van der Waals surface area contributed by atoms with Crippen molar-refractivity contribution in [2.24, 2.45) is 0 Å². The van der Waals surface area contributed by atoms with Crippen molar-refractivity contribution in [3.8, 4) is 11.5 Å². The monoisotopic (exact) mass is 433 g/mol. The maximum absolute atomic E-state index is 11.1. The average Bonchev–Trinajstić information content (AvgIpc) is 3.41. The zero-order valence-corrected chi connectivity index (χ0v) is 18.0. The molecule has 7 heteroatoms. The fourth-order valence-electron chi connectivity index (χ4n) is 4.63. The highest BCUT2D eigenvalue weighted by atomic mass is 16.7. The zero-order valence-electron chi connectivity index (χ0n) is 18.0. The smallest absolute Gasteiger partial charge is 0.243 e. The summed E-state index contributed by atoms with van der Waals surface area (Å²) >= 11 is 0. The Morgan fingerprint density at radius 3 is 2.59 bits per heavy atom. The van der Waals surface area contributed by atoms with Crippen molar-refractivity contribution >= 4 is 38.6 Å². The van der Waals surface area contributed by atoms with Gasteiger partial charge in [-0.25, -0.2) is 5.48 Å². The van der Waals surface area contributed by atoms with E-state index in [0.29, 0.717) is 6.42 Å². The summed E-state index contributed by atoms with van der Waals surface area (Å²) in [7, 11) is 0. The van der Waals surface area contributed by atoms with Crippen LogP contribution in [-0.4, -0.2) is 27.5 Å². The lowest BCUT2D eigenvalue weighted by atomic mass is 10.1. The second kappa shape index (κ2) is 9.04. The Balaban J connectivity index is 1.37. The lowest BCUT2D eigenvalue weighted by Crippen LogP contribution is -2.17. The van der Waals surface area contributed by atoms with Gasteiger partial charge in [0, 0.05) is 41.4 Å². The lowest BCUT2D eigenvalue weighted by molar-refractivity contribution is -0.129. The number of unbranched alkanes of at least 4 members (excludes halogenated alkanes) is 5. The Hall–Kier alpha value is -3.32. The number of hydroxylamine groups is 1. The molecule has 0 saturated carbocycles. The molecule has 0 saturated heterocycles. The molecule has 0 unspecified atom stereocenters. The number of hydrogen-bond acceptors (Lipinski definition) is 5. The minimum absolute atomic E-state index is 0.260. The SMILES string of the molecule is O=C(CCCCCCCCn1c2cc3c(cc2c2ncc4ccccc4c21)OCO3)NO. The van der Waals surface area contributed by atoms with Gasteiger partial charge in [-0.3, -0.25) is 15.0 Å². The molecule has 0 bridgehead atoms. The number of amides is 1. The molecule has 2 aromatic carbocycles. The highest BCUT2D eigenvalue weighted by Gasteiger charge is 2.21. The molecule has 2 aromatic heterocycles. The van der Waals surface area contributed by atoms with Crippen LogP contribution in [0, 0.1) is 0 Å². The first kappa shape index (κ1) is 20.6. The van der Waals surface area contributed by atoms with Crippen LogP contribution in [0.15, 0.2) is 42.6 Å². The van der Waals surface area contributed by atoms with Crippen LogP contribution in [0.25, 0.3) is 32.7 Å². The lowest BCUT2D eigenvalue weighted by Gasteiger charge is -2.10. The van der Waals surface area contributed by atoms with E-state index in [1.807, 2.05) is 12.3 Å². The molecule has 0 radical (unpaired) electrons. The molecule has 0 fully saturated rings. The number of carbonyl (C=O) groups is 1. The number of fused-ring (bicyclic) bond motifs is 6. The molecule has 0 atom stereocenters. The maximum Gasteiger partial charge on any atom is 0.243 e. The van der Waals surface area contributed by atoms with Crippen LogP contribution in [0.4, 0.5) is 0 Å². The van der Waals surface area contributed by atoms with Crippen molar-refractivity contribution in [1.29, 1.82) is 0 Å². The normalized spacial score (nSPS) is 12.8. The van der Waals surface area contributed by atoms with Crippen LogP contribution >= 0.6 is 0 Å². The summed E-state index contributed by atoms with van der Waals surface area (Å²) < 4.78 is 13.7. The third-order valence-electron chi connectivity index (χ3n) is 6.24. The van der Waals surface area contributed by atoms with Gasteiger partial charge in [0.15, 0.2) is 11.5 Å². The Bertz CT molecular complexity index is 1280. The predicted molar refractivity (Wildman–Crippen MR) is 123 cm³/mol. The molecule has 5 rings (SSSR count). The van der Waals surface area contributed by atoms with E-state index < -0.39 is 0 Å². The fraction of sp³-hybridized carbons (Fsp3) is 0.360. The molecular formula is C25H27N3O4. The third kappa shape index (κ3) is 3.84.